The van der Waals surface area contributed by atoms with Crippen LogP contribution < -0.4 is 21.3 Å². The van der Waals surface area contributed by atoms with E-state index < -0.39 is 0 Å². The topological polar surface area (TPSA) is 143 Å². The summed E-state index contributed by atoms with van der Waals surface area (Å²) in [6, 6.07) is 3.83. The molecular formula is C30H48ClN11O2. The molecule has 0 atom stereocenters. The van der Waals surface area contributed by atoms with Crippen molar-refractivity contribution in [1.82, 2.24) is 39.8 Å². The number of piperazine rings is 1. The number of methoxy groups -OCH3 is 1. The molecular weight excluding hydrogens is 582 g/mol. The number of aromatic nitrogens is 5. The van der Waals surface area contributed by atoms with Gasteiger partial charge in [0.2, 0.25) is 5.95 Å². The van der Waals surface area contributed by atoms with Crippen LogP contribution in [0.3, 0.4) is 0 Å². The van der Waals surface area contributed by atoms with E-state index >= 15 is 0 Å². The molecule has 3 aromatic rings. The summed E-state index contributed by atoms with van der Waals surface area (Å²) in [5.41, 5.74) is 6.89. The van der Waals surface area contributed by atoms with E-state index in [1.807, 2.05) is 16.8 Å². The summed E-state index contributed by atoms with van der Waals surface area (Å²) in [6.07, 6.45) is 7.64. The smallest absolute Gasteiger partial charge is 0.272 e. The monoisotopic (exact) mass is 629 g/mol. The molecule has 0 bridgehead atoms. The molecule has 0 unspecified atom stereocenters. The first-order chi connectivity index (χ1) is 20.9. The fourth-order valence-electron chi connectivity index (χ4n) is 5.79. The summed E-state index contributed by atoms with van der Waals surface area (Å²) in [5.74, 6) is 1.82. The number of pyridine rings is 1. The second-order valence-electron chi connectivity index (χ2n) is 11.7. The zero-order chi connectivity index (χ0) is 30.2. The Hall–Kier alpha value is -3.10. The van der Waals surface area contributed by atoms with Crippen LogP contribution >= 0.6 is 12.4 Å². The third-order valence-corrected chi connectivity index (χ3v) is 8.33. The molecule has 14 heteroatoms. The van der Waals surface area contributed by atoms with Crippen LogP contribution in [0.2, 0.25) is 0 Å². The molecule has 0 aromatic carbocycles. The summed E-state index contributed by atoms with van der Waals surface area (Å²) in [5, 5.41) is 11.8. The highest BCUT2D eigenvalue weighted by Gasteiger charge is 2.22. The number of nitrogens with zero attached hydrogens (tertiary/aromatic N) is 8. The first kappa shape index (κ1) is 33.8. The standard InChI is InChI=1S/C30H47N11O2.ClH/c1-22(2)41-25-20-27(35-26-6-11-33-30(36-26)40-14-7-23(43-3)8-15-40)34-21-24(25)28(37-41)29(42)32-10-5-13-39-18-16-38(17-19-39)12-4-9-31;/h6,11,20-23H,4-5,7-10,12-19,31H2,1-3H3,(H,32,42)(H,33,34,35,36);1H. The molecule has 1 amide bonds. The Kier molecular flexibility index (Phi) is 12.5. The van der Waals surface area contributed by atoms with E-state index in [4.69, 9.17) is 20.6 Å². The number of rotatable bonds is 13. The molecule has 0 aliphatic carbocycles. The van der Waals surface area contributed by atoms with Crippen molar-refractivity contribution >= 4 is 46.8 Å². The Bertz CT molecular complexity index is 1340. The van der Waals surface area contributed by atoms with E-state index in [0.29, 0.717) is 35.9 Å². The first-order valence-electron chi connectivity index (χ1n) is 15.6. The number of anilines is 3. The maximum atomic E-state index is 13.2. The minimum Gasteiger partial charge on any atom is -0.381 e. The van der Waals surface area contributed by atoms with E-state index in [0.717, 1.165) is 95.5 Å². The molecule has 2 fully saturated rings. The number of piperidine rings is 1. The fraction of sp³-hybridized carbons (Fsp3) is 0.633. The number of fused-ring (bicyclic) bond motifs is 1. The molecule has 5 heterocycles. The fourth-order valence-corrected chi connectivity index (χ4v) is 5.79. The van der Waals surface area contributed by atoms with Crippen LogP contribution in [-0.4, -0.2) is 119 Å². The molecule has 2 saturated heterocycles. The molecule has 44 heavy (non-hydrogen) atoms. The number of amides is 1. The molecule has 2 aliphatic rings. The minimum absolute atomic E-state index is 0. The predicted molar refractivity (Wildman–Crippen MR) is 176 cm³/mol. The molecule has 4 N–H and O–H groups in total. The number of carbonyl (C=O) groups excluding carboxylic acids is 1. The largest absolute Gasteiger partial charge is 0.381 e. The molecule has 0 spiro atoms. The highest BCUT2D eigenvalue weighted by molar-refractivity contribution is 6.05. The predicted octanol–water partition coefficient (Wildman–Crippen LogP) is 2.67. The maximum Gasteiger partial charge on any atom is 0.272 e. The summed E-state index contributed by atoms with van der Waals surface area (Å²) in [4.78, 5) is 34.2. The van der Waals surface area contributed by atoms with Crippen LogP contribution in [0.1, 0.15) is 56.1 Å². The van der Waals surface area contributed by atoms with Gasteiger partial charge >= 0.3 is 0 Å². The molecule has 0 radical (unpaired) electrons. The quantitative estimate of drug-likeness (QED) is 0.240. The van der Waals surface area contributed by atoms with Crippen molar-refractivity contribution in [1.29, 1.82) is 0 Å². The van der Waals surface area contributed by atoms with Gasteiger partial charge in [-0.15, -0.1) is 12.4 Å². The lowest BCUT2D eigenvalue weighted by Gasteiger charge is -2.34. The van der Waals surface area contributed by atoms with Gasteiger partial charge in [-0.3, -0.25) is 9.48 Å². The summed E-state index contributed by atoms with van der Waals surface area (Å²) < 4.78 is 7.37. The van der Waals surface area contributed by atoms with E-state index in [9.17, 15) is 4.79 Å². The van der Waals surface area contributed by atoms with Crippen LogP contribution in [0.4, 0.5) is 17.6 Å². The number of halogens is 1. The van der Waals surface area contributed by atoms with E-state index in [1.165, 1.54) is 0 Å². The van der Waals surface area contributed by atoms with E-state index in [-0.39, 0.29) is 24.4 Å². The maximum absolute atomic E-state index is 13.2. The Balaban J connectivity index is 0.00000442. The first-order valence-corrected chi connectivity index (χ1v) is 15.6. The Labute approximate surface area is 266 Å². The SMILES string of the molecule is COC1CCN(c2nccc(Nc3cc4c(cn3)c(C(=O)NCCCN3CCN(CCCN)CC3)nn4C(C)C)n2)CC1.Cl. The zero-order valence-electron chi connectivity index (χ0n) is 26.2. The van der Waals surface area contributed by atoms with Gasteiger partial charge in [-0.1, -0.05) is 0 Å². The number of nitrogens with one attached hydrogen (secondary N) is 2. The highest BCUT2D eigenvalue weighted by Crippen LogP contribution is 2.26. The van der Waals surface area contributed by atoms with Gasteiger partial charge in [0.25, 0.3) is 5.91 Å². The summed E-state index contributed by atoms with van der Waals surface area (Å²) in [6.45, 7) is 13.5. The van der Waals surface area contributed by atoms with Crippen molar-refractivity contribution < 1.29 is 9.53 Å². The molecule has 0 saturated carbocycles. The van der Waals surface area contributed by atoms with Gasteiger partial charge in [-0.2, -0.15) is 10.1 Å². The van der Waals surface area contributed by atoms with Crippen molar-refractivity contribution in [2.75, 3.05) is 82.8 Å². The second-order valence-corrected chi connectivity index (χ2v) is 11.7. The lowest BCUT2D eigenvalue weighted by atomic mass is 10.1. The lowest BCUT2D eigenvalue weighted by Crippen LogP contribution is -2.47. The average Bonchev–Trinajstić information content (AvgIpc) is 3.42. The Morgan fingerprint density at radius 1 is 1.05 bits per heavy atom. The average molecular weight is 630 g/mol. The molecule has 3 aromatic heterocycles. The zero-order valence-corrected chi connectivity index (χ0v) is 27.1. The number of hydrogen-bond donors (Lipinski definition) is 3. The van der Waals surface area contributed by atoms with Crippen LogP contribution in [0.25, 0.3) is 10.9 Å². The van der Waals surface area contributed by atoms with Gasteiger partial charge in [0.15, 0.2) is 5.69 Å². The van der Waals surface area contributed by atoms with Crippen LogP contribution in [0.15, 0.2) is 24.5 Å². The van der Waals surface area contributed by atoms with Crippen molar-refractivity contribution in [3.05, 3.63) is 30.2 Å². The number of ether oxygens (including phenoxy) is 1. The highest BCUT2D eigenvalue weighted by atomic mass is 35.5. The van der Waals surface area contributed by atoms with Crippen LogP contribution in [0, 0.1) is 0 Å². The van der Waals surface area contributed by atoms with Gasteiger partial charge in [0.05, 0.1) is 17.0 Å². The Morgan fingerprint density at radius 2 is 1.75 bits per heavy atom. The van der Waals surface area contributed by atoms with E-state index in [1.54, 1.807) is 19.5 Å². The molecule has 242 valence electrons. The third-order valence-electron chi connectivity index (χ3n) is 8.33. The van der Waals surface area contributed by atoms with Crippen molar-refractivity contribution in [2.45, 2.75) is 51.7 Å². The number of nitrogens with two attached hydrogens (primary N) is 1. The van der Waals surface area contributed by atoms with Gasteiger partial charge in [0, 0.05) is 77.4 Å². The van der Waals surface area contributed by atoms with Crippen molar-refractivity contribution in [3.63, 3.8) is 0 Å². The normalized spacial score (nSPS) is 16.8. The van der Waals surface area contributed by atoms with Crippen molar-refractivity contribution in [3.8, 4) is 0 Å². The van der Waals surface area contributed by atoms with Crippen LogP contribution in [0.5, 0.6) is 0 Å². The van der Waals surface area contributed by atoms with Gasteiger partial charge in [-0.25, -0.2) is 9.97 Å². The van der Waals surface area contributed by atoms with Gasteiger partial charge < -0.3 is 35.8 Å². The molecule has 2 aliphatic heterocycles. The van der Waals surface area contributed by atoms with Crippen molar-refractivity contribution in [2.24, 2.45) is 5.73 Å². The number of hydrogen-bond acceptors (Lipinski definition) is 11. The third kappa shape index (κ3) is 8.54. The lowest BCUT2D eigenvalue weighted by molar-refractivity contribution is 0.0816. The van der Waals surface area contributed by atoms with Gasteiger partial charge in [0.1, 0.15) is 11.6 Å². The molecule has 5 rings (SSSR count). The molecule has 13 nitrogen and oxygen atoms in total. The number of carbonyl (C=O) groups is 1. The second kappa shape index (κ2) is 16.3. The minimum atomic E-state index is -0.170. The summed E-state index contributed by atoms with van der Waals surface area (Å²) >= 11 is 0. The van der Waals surface area contributed by atoms with E-state index in [2.05, 4.69) is 49.1 Å². The summed E-state index contributed by atoms with van der Waals surface area (Å²) in [7, 11) is 1.77. The van der Waals surface area contributed by atoms with Gasteiger partial charge in [-0.05, 0) is 65.2 Å². The van der Waals surface area contributed by atoms with Crippen LogP contribution in [-0.2, 0) is 4.74 Å². The Morgan fingerprint density at radius 3 is 2.41 bits per heavy atom.